The third kappa shape index (κ3) is 8.56. The first kappa shape index (κ1) is 29.7. The van der Waals surface area contributed by atoms with Crippen LogP contribution >= 0.6 is 0 Å². The minimum atomic E-state index is -3.44. The summed E-state index contributed by atoms with van der Waals surface area (Å²) in [6.07, 6.45) is 1.45. The summed E-state index contributed by atoms with van der Waals surface area (Å²) in [6, 6.07) is 26.7. The number of anilines is 1. The summed E-state index contributed by atoms with van der Waals surface area (Å²) in [4.78, 5) is 23.4. The molecule has 0 aliphatic carbocycles. The maximum atomic E-state index is 13.4. The topological polar surface area (TPSA) is 124 Å². The van der Waals surface area contributed by atoms with Crippen molar-refractivity contribution < 1.29 is 33.0 Å². The molecule has 1 aliphatic rings. The lowest BCUT2D eigenvalue weighted by atomic mass is 10.1. The maximum Gasteiger partial charge on any atom is 0.414 e. The van der Waals surface area contributed by atoms with E-state index in [1.54, 1.807) is 31.4 Å². The molecule has 0 amide bonds. The standard InChI is InChI=1S/C27H32N2O3S.C2H2O4/c1-32-25-16-14-24(15-17-25)29-21-19-28(20-22-29)18-8-13-27(23-9-4-2-5-10-23)33(30,31)26-11-6-3-7-12-26;3-1(4)2(5)6/h2-7,9-12,14-17,27H,8,13,18-22H2,1H3;(H,3,4)(H,5,6). The number of carbonyl (C=O) groups is 2. The predicted molar refractivity (Wildman–Crippen MR) is 149 cm³/mol. The van der Waals surface area contributed by atoms with Crippen LogP contribution in [0.2, 0.25) is 0 Å². The van der Waals surface area contributed by atoms with Crippen molar-refractivity contribution in [2.24, 2.45) is 0 Å². The Hall–Kier alpha value is -3.89. The summed E-state index contributed by atoms with van der Waals surface area (Å²) in [7, 11) is -1.76. The van der Waals surface area contributed by atoms with E-state index in [-0.39, 0.29) is 0 Å². The summed E-state index contributed by atoms with van der Waals surface area (Å²) < 4.78 is 32.1. The molecule has 39 heavy (non-hydrogen) atoms. The van der Waals surface area contributed by atoms with E-state index in [0.29, 0.717) is 11.3 Å². The number of aliphatic carboxylic acids is 2. The van der Waals surface area contributed by atoms with Crippen molar-refractivity contribution in [3.05, 3.63) is 90.5 Å². The number of benzene rings is 3. The first-order valence-electron chi connectivity index (χ1n) is 12.6. The lowest BCUT2D eigenvalue weighted by Crippen LogP contribution is -2.46. The summed E-state index contributed by atoms with van der Waals surface area (Å²) in [5.41, 5.74) is 2.08. The van der Waals surface area contributed by atoms with Crippen molar-refractivity contribution in [2.75, 3.05) is 44.7 Å². The smallest absolute Gasteiger partial charge is 0.414 e. The van der Waals surface area contributed by atoms with Crippen LogP contribution in [-0.2, 0) is 19.4 Å². The van der Waals surface area contributed by atoms with Crippen molar-refractivity contribution in [1.82, 2.24) is 4.90 Å². The summed E-state index contributed by atoms with van der Waals surface area (Å²) >= 11 is 0. The molecule has 208 valence electrons. The second-order valence-corrected chi connectivity index (χ2v) is 11.2. The largest absolute Gasteiger partial charge is 0.497 e. The Kier molecular flexibility index (Phi) is 10.9. The molecule has 2 N–H and O–H groups in total. The Bertz CT molecular complexity index is 1280. The van der Waals surface area contributed by atoms with E-state index in [1.165, 1.54) is 5.69 Å². The molecule has 1 fully saturated rings. The van der Waals surface area contributed by atoms with Crippen LogP contribution in [0, 0.1) is 0 Å². The highest BCUT2D eigenvalue weighted by Gasteiger charge is 2.29. The van der Waals surface area contributed by atoms with Gasteiger partial charge in [-0.05, 0) is 61.3 Å². The van der Waals surface area contributed by atoms with Crippen LogP contribution in [0.15, 0.2) is 89.8 Å². The number of methoxy groups -OCH3 is 1. The first-order valence-corrected chi connectivity index (χ1v) is 14.2. The average Bonchev–Trinajstić information content (AvgIpc) is 2.97. The zero-order valence-corrected chi connectivity index (χ0v) is 22.7. The summed E-state index contributed by atoms with van der Waals surface area (Å²) in [6.45, 7) is 4.80. The van der Waals surface area contributed by atoms with Gasteiger partial charge in [0.2, 0.25) is 0 Å². The van der Waals surface area contributed by atoms with Gasteiger partial charge in [0.15, 0.2) is 9.84 Å². The number of carboxylic acids is 2. The molecule has 1 heterocycles. The highest BCUT2D eigenvalue weighted by molar-refractivity contribution is 7.91. The maximum absolute atomic E-state index is 13.4. The molecule has 1 aliphatic heterocycles. The molecule has 0 saturated carbocycles. The first-order chi connectivity index (χ1) is 18.7. The number of sulfone groups is 1. The highest BCUT2D eigenvalue weighted by atomic mass is 32.2. The lowest BCUT2D eigenvalue weighted by Gasteiger charge is -2.36. The molecular formula is C29H34N2O7S. The van der Waals surface area contributed by atoms with E-state index in [2.05, 4.69) is 21.9 Å². The fourth-order valence-electron chi connectivity index (χ4n) is 4.47. The third-order valence-electron chi connectivity index (χ3n) is 6.55. The molecule has 1 saturated heterocycles. The van der Waals surface area contributed by atoms with Crippen LogP contribution in [0.25, 0.3) is 0 Å². The third-order valence-corrected chi connectivity index (χ3v) is 8.74. The second-order valence-electron chi connectivity index (χ2n) is 9.04. The number of rotatable bonds is 9. The lowest BCUT2D eigenvalue weighted by molar-refractivity contribution is -0.159. The molecule has 0 bridgehead atoms. The van der Waals surface area contributed by atoms with Gasteiger partial charge in [-0.3, -0.25) is 4.90 Å². The summed E-state index contributed by atoms with van der Waals surface area (Å²) in [5.74, 6) is -2.78. The minimum Gasteiger partial charge on any atom is -0.497 e. The fraction of sp³-hybridized carbons (Fsp3) is 0.310. The van der Waals surface area contributed by atoms with Gasteiger partial charge < -0.3 is 19.8 Å². The highest BCUT2D eigenvalue weighted by Crippen LogP contribution is 2.33. The van der Waals surface area contributed by atoms with Crippen molar-refractivity contribution >= 4 is 27.5 Å². The molecule has 1 unspecified atom stereocenters. The monoisotopic (exact) mass is 554 g/mol. The molecule has 10 heteroatoms. The molecule has 1 atom stereocenters. The zero-order valence-electron chi connectivity index (χ0n) is 21.8. The quantitative estimate of drug-likeness (QED) is 0.378. The molecule has 0 aromatic heterocycles. The van der Waals surface area contributed by atoms with Gasteiger partial charge in [0.05, 0.1) is 17.3 Å². The molecule has 9 nitrogen and oxygen atoms in total. The van der Waals surface area contributed by atoms with Crippen LogP contribution < -0.4 is 9.64 Å². The van der Waals surface area contributed by atoms with Crippen LogP contribution in [0.3, 0.4) is 0 Å². The van der Waals surface area contributed by atoms with E-state index in [4.69, 9.17) is 24.5 Å². The number of piperazine rings is 1. The van der Waals surface area contributed by atoms with Gasteiger partial charge >= 0.3 is 11.9 Å². The fourth-order valence-corrected chi connectivity index (χ4v) is 6.32. The number of hydrogen-bond acceptors (Lipinski definition) is 7. The molecule has 0 radical (unpaired) electrons. The van der Waals surface area contributed by atoms with Crippen LogP contribution in [0.4, 0.5) is 5.69 Å². The van der Waals surface area contributed by atoms with Crippen molar-refractivity contribution in [3.63, 3.8) is 0 Å². The van der Waals surface area contributed by atoms with E-state index in [9.17, 15) is 8.42 Å². The minimum absolute atomic E-state index is 0.395. The van der Waals surface area contributed by atoms with E-state index in [0.717, 1.165) is 50.5 Å². The Morgan fingerprint density at radius 1 is 0.821 bits per heavy atom. The van der Waals surface area contributed by atoms with Gasteiger partial charge in [0.25, 0.3) is 0 Å². The SMILES string of the molecule is COc1ccc(N2CCN(CCCC(c3ccccc3)S(=O)(=O)c3ccccc3)CC2)cc1.O=C(O)C(=O)O. The van der Waals surface area contributed by atoms with Crippen LogP contribution in [0.1, 0.15) is 23.7 Å². The van der Waals surface area contributed by atoms with Gasteiger partial charge in [-0.15, -0.1) is 0 Å². The van der Waals surface area contributed by atoms with Gasteiger partial charge in [-0.2, -0.15) is 0 Å². The second kappa shape index (κ2) is 14.3. The van der Waals surface area contributed by atoms with Gasteiger partial charge in [0.1, 0.15) is 5.75 Å². The summed E-state index contributed by atoms with van der Waals surface area (Å²) in [5, 5.41) is 14.3. The molecule has 4 rings (SSSR count). The van der Waals surface area contributed by atoms with E-state index in [1.807, 2.05) is 48.5 Å². The van der Waals surface area contributed by atoms with E-state index < -0.39 is 27.0 Å². The number of carboxylic acid groups (broad SMARTS) is 2. The van der Waals surface area contributed by atoms with Crippen molar-refractivity contribution in [3.8, 4) is 5.75 Å². The normalized spacial score (nSPS) is 14.5. The van der Waals surface area contributed by atoms with Crippen molar-refractivity contribution in [2.45, 2.75) is 23.0 Å². The zero-order chi connectivity index (χ0) is 28.3. The molecular weight excluding hydrogens is 520 g/mol. The Labute approximate surface area is 229 Å². The van der Waals surface area contributed by atoms with Gasteiger partial charge in [0, 0.05) is 31.9 Å². The van der Waals surface area contributed by atoms with Crippen molar-refractivity contribution in [1.29, 1.82) is 0 Å². The Balaban J connectivity index is 0.000000631. The predicted octanol–water partition coefficient (Wildman–Crippen LogP) is 3.97. The molecule has 0 spiro atoms. The van der Waals surface area contributed by atoms with Crippen LogP contribution in [-0.4, -0.2) is 75.3 Å². The average molecular weight is 555 g/mol. The van der Waals surface area contributed by atoms with Gasteiger partial charge in [-0.25, -0.2) is 18.0 Å². The van der Waals surface area contributed by atoms with Crippen LogP contribution in [0.5, 0.6) is 5.75 Å². The number of nitrogens with zero attached hydrogens (tertiary/aromatic N) is 2. The Morgan fingerprint density at radius 3 is 1.87 bits per heavy atom. The Morgan fingerprint density at radius 2 is 1.36 bits per heavy atom. The van der Waals surface area contributed by atoms with Gasteiger partial charge in [-0.1, -0.05) is 48.5 Å². The number of ether oxygens (including phenoxy) is 1. The number of hydrogen-bond donors (Lipinski definition) is 2. The van der Waals surface area contributed by atoms with E-state index >= 15 is 0 Å². The molecule has 3 aromatic carbocycles. The molecule has 3 aromatic rings.